The number of carbonyl (C=O) groups is 1. The third-order valence-corrected chi connectivity index (χ3v) is 2.51. The third-order valence-electron chi connectivity index (χ3n) is 2.51. The fourth-order valence-corrected chi connectivity index (χ4v) is 1.69. The number of aryl methyl sites for hydroxylation is 2. The molecular weight excluding hydrogens is 246 g/mol. The Hall–Kier alpha value is -2.37. The predicted octanol–water partition coefficient (Wildman–Crippen LogP) is 2.26. The Morgan fingerprint density at radius 3 is 2.84 bits per heavy atom. The molecule has 2 heterocycles. The fourth-order valence-electron chi connectivity index (χ4n) is 1.69. The lowest BCUT2D eigenvalue weighted by Crippen LogP contribution is -2.01. The van der Waals surface area contributed by atoms with E-state index >= 15 is 0 Å². The molecule has 19 heavy (non-hydrogen) atoms. The van der Waals surface area contributed by atoms with E-state index < -0.39 is 5.97 Å². The summed E-state index contributed by atoms with van der Waals surface area (Å²) >= 11 is 0. The molecule has 2 rings (SSSR count). The van der Waals surface area contributed by atoms with Crippen molar-refractivity contribution in [3.8, 4) is 11.6 Å². The van der Waals surface area contributed by atoms with Gasteiger partial charge in [-0.1, -0.05) is 13.3 Å². The Labute approximate surface area is 110 Å². The van der Waals surface area contributed by atoms with Gasteiger partial charge in [0.1, 0.15) is 0 Å². The largest absolute Gasteiger partial charge is 0.478 e. The van der Waals surface area contributed by atoms with E-state index in [2.05, 4.69) is 10.1 Å². The van der Waals surface area contributed by atoms with Gasteiger partial charge in [0.15, 0.2) is 5.75 Å². The summed E-state index contributed by atoms with van der Waals surface area (Å²) in [6.45, 7) is 2.01. The quantitative estimate of drug-likeness (QED) is 0.893. The number of hydrogen-bond donors (Lipinski definition) is 1. The Morgan fingerprint density at radius 2 is 2.26 bits per heavy atom. The van der Waals surface area contributed by atoms with Gasteiger partial charge in [-0.25, -0.2) is 9.78 Å². The third kappa shape index (κ3) is 3.31. The molecule has 100 valence electrons. The molecular formula is C13H15N3O3. The van der Waals surface area contributed by atoms with Crippen molar-refractivity contribution in [1.29, 1.82) is 0 Å². The first-order valence-corrected chi connectivity index (χ1v) is 5.99. The smallest absolute Gasteiger partial charge is 0.335 e. The van der Waals surface area contributed by atoms with Crippen LogP contribution < -0.4 is 4.74 Å². The van der Waals surface area contributed by atoms with Crippen molar-refractivity contribution in [2.75, 3.05) is 0 Å². The molecule has 6 heteroatoms. The van der Waals surface area contributed by atoms with Gasteiger partial charge in [0, 0.05) is 18.8 Å². The van der Waals surface area contributed by atoms with E-state index in [9.17, 15) is 4.79 Å². The Kier molecular flexibility index (Phi) is 3.79. The summed E-state index contributed by atoms with van der Waals surface area (Å²) in [6, 6.07) is 2.98. The van der Waals surface area contributed by atoms with Crippen LogP contribution in [0.15, 0.2) is 24.5 Å². The molecule has 0 bridgehead atoms. The molecule has 1 N–H and O–H groups in total. The molecule has 0 radical (unpaired) electrons. The highest BCUT2D eigenvalue weighted by Crippen LogP contribution is 2.21. The highest BCUT2D eigenvalue weighted by atomic mass is 16.5. The second kappa shape index (κ2) is 5.51. The molecule has 0 saturated heterocycles. The van der Waals surface area contributed by atoms with Crippen LogP contribution in [-0.2, 0) is 13.5 Å². The van der Waals surface area contributed by atoms with E-state index in [0.717, 1.165) is 6.42 Å². The second-order valence-electron chi connectivity index (χ2n) is 4.19. The molecule has 0 saturated carbocycles. The lowest BCUT2D eigenvalue weighted by atomic mass is 10.1. The number of hydrogen-bond acceptors (Lipinski definition) is 4. The van der Waals surface area contributed by atoms with Crippen LogP contribution in [0.3, 0.4) is 0 Å². The standard InChI is InChI=1S/C13H15N3O3/c1-3-4-10-5-9(13(17)18)6-12(15-10)19-11-7-14-16(2)8-11/h5-8H,3-4H2,1-2H3,(H,17,18). The van der Waals surface area contributed by atoms with Gasteiger partial charge in [0.05, 0.1) is 18.0 Å². The Bertz CT molecular complexity index is 593. The minimum absolute atomic E-state index is 0.178. The van der Waals surface area contributed by atoms with Gasteiger partial charge in [-0.2, -0.15) is 5.10 Å². The zero-order valence-electron chi connectivity index (χ0n) is 10.8. The summed E-state index contributed by atoms with van der Waals surface area (Å²) in [5, 5.41) is 13.0. The number of pyridine rings is 1. The Morgan fingerprint density at radius 1 is 1.47 bits per heavy atom. The van der Waals surface area contributed by atoms with Gasteiger partial charge >= 0.3 is 5.97 Å². The fraction of sp³-hybridized carbons (Fsp3) is 0.308. The van der Waals surface area contributed by atoms with E-state index in [1.54, 1.807) is 30.2 Å². The number of carboxylic acid groups (broad SMARTS) is 1. The minimum Gasteiger partial charge on any atom is -0.478 e. The molecule has 0 atom stereocenters. The van der Waals surface area contributed by atoms with Crippen molar-refractivity contribution in [3.05, 3.63) is 35.8 Å². The van der Waals surface area contributed by atoms with Crippen LogP contribution in [0.5, 0.6) is 11.6 Å². The topological polar surface area (TPSA) is 77.2 Å². The zero-order chi connectivity index (χ0) is 13.8. The molecule has 0 amide bonds. The first-order valence-electron chi connectivity index (χ1n) is 5.99. The lowest BCUT2D eigenvalue weighted by Gasteiger charge is -2.06. The SMILES string of the molecule is CCCc1cc(C(=O)O)cc(Oc2cnn(C)c2)n1. The second-order valence-corrected chi connectivity index (χ2v) is 4.19. The van der Waals surface area contributed by atoms with Gasteiger partial charge in [-0.3, -0.25) is 4.68 Å². The van der Waals surface area contributed by atoms with Crippen molar-refractivity contribution >= 4 is 5.97 Å². The summed E-state index contributed by atoms with van der Waals surface area (Å²) in [4.78, 5) is 15.4. The van der Waals surface area contributed by atoms with Crippen molar-refractivity contribution in [2.45, 2.75) is 19.8 Å². The molecule has 0 aromatic carbocycles. The average molecular weight is 261 g/mol. The van der Waals surface area contributed by atoms with Crippen molar-refractivity contribution in [3.63, 3.8) is 0 Å². The summed E-state index contributed by atoms with van der Waals surface area (Å²) < 4.78 is 7.12. The van der Waals surface area contributed by atoms with E-state index in [1.165, 1.54) is 6.07 Å². The summed E-state index contributed by atoms with van der Waals surface area (Å²) in [7, 11) is 1.77. The molecule has 2 aromatic rings. The molecule has 2 aromatic heterocycles. The van der Waals surface area contributed by atoms with Gasteiger partial charge in [0.2, 0.25) is 5.88 Å². The summed E-state index contributed by atoms with van der Waals surface area (Å²) in [6.07, 6.45) is 4.84. The highest BCUT2D eigenvalue weighted by molar-refractivity contribution is 5.88. The van der Waals surface area contributed by atoms with Crippen LogP contribution in [0.25, 0.3) is 0 Å². The Balaban J connectivity index is 2.30. The first kappa shape index (κ1) is 13.1. The molecule has 0 fully saturated rings. The van der Waals surface area contributed by atoms with Gasteiger partial charge < -0.3 is 9.84 Å². The van der Waals surface area contributed by atoms with Crippen LogP contribution >= 0.6 is 0 Å². The van der Waals surface area contributed by atoms with E-state index in [0.29, 0.717) is 17.9 Å². The van der Waals surface area contributed by atoms with Crippen LogP contribution in [0.2, 0.25) is 0 Å². The van der Waals surface area contributed by atoms with Gasteiger partial charge in [0.25, 0.3) is 0 Å². The van der Waals surface area contributed by atoms with E-state index in [-0.39, 0.29) is 11.4 Å². The number of carboxylic acids is 1. The summed E-state index contributed by atoms with van der Waals surface area (Å²) in [5.41, 5.74) is 0.888. The average Bonchev–Trinajstić information content (AvgIpc) is 2.75. The van der Waals surface area contributed by atoms with Crippen LogP contribution in [0, 0.1) is 0 Å². The van der Waals surface area contributed by atoms with E-state index in [1.807, 2.05) is 6.92 Å². The zero-order valence-corrected chi connectivity index (χ0v) is 10.8. The number of ether oxygens (including phenoxy) is 1. The lowest BCUT2D eigenvalue weighted by molar-refractivity contribution is 0.0696. The minimum atomic E-state index is -0.990. The molecule has 0 spiro atoms. The van der Waals surface area contributed by atoms with Crippen molar-refractivity contribution in [2.24, 2.45) is 7.05 Å². The maximum absolute atomic E-state index is 11.1. The molecule has 0 aliphatic rings. The van der Waals surface area contributed by atoms with E-state index in [4.69, 9.17) is 9.84 Å². The van der Waals surface area contributed by atoms with Crippen molar-refractivity contribution < 1.29 is 14.6 Å². The van der Waals surface area contributed by atoms with Gasteiger partial charge in [-0.15, -0.1) is 0 Å². The highest BCUT2D eigenvalue weighted by Gasteiger charge is 2.10. The summed E-state index contributed by atoms with van der Waals surface area (Å²) in [5.74, 6) is -0.188. The molecule has 6 nitrogen and oxygen atoms in total. The first-order chi connectivity index (χ1) is 9.08. The number of aromatic nitrogens is 3. The monoisotopic (exact) mass is 261 g/mol. The predicted molar refractivity (Wildman–Crippen MR) is 68.5 cm³/mol. The number of nitrogens with zero attached hydrogens (tertiary/aromatic N) is 3. The number of rotatable bonds is 5. The molecule has 0 unspecified atom stereocenters. The van der Waals surface area contributed by atoms with Gasteiger partial charge in [-0.05, 0) is 12.5 Å². The van der Waals surface area contributed by atoms with Crippen LogP contribution in [0.4, 0.5) is 0 Å². The molecule has 0 aliphatic carbocycles. The normalized spacial score (nSPS) is 10.4. The van der Waals surface area contributed by atoms with Crippen LogP contribution in [0.1, 0.15) is 29.4 Å². The maximum atomic E-state index is 11.1. The van der Waals surface area contributed by atoms with Crippen molar-refractivity contribution in [1.82, 2.24) is 14.8 Å². The molecule has 0 aliphatic heterocycles. The van der Waals surface area contributed by atoms with Crippen LogP contribution in [-0.4, -0.2) is 25.8 Å². The maximum Gasteiger partial charge on any atom is 0.335 e. The number of aromatic carboxylic acids is 1.